The Morgan fingerprint density at radius 3 is 2.38 bits per heavy atom. The molecule has 0 aromatic rings. The number of hydrogen-bond acceptors (Lipinski definition) is 3. The van der Waals surface area contributed by atoms with Gasteiger partial charge < -0.3 is 0 Å². The van der Waals surface area contributed by atoms with Crippen LogP contribution in [0.25, 0.3) is 0 Å². The molecule has 0 saturated carbocycles. The Balaban J connectivity index is 0.00000106. The predicted octanol–water partition coefficient (Wildman–Crippen LogP) is 2.34. The molecule has 1 aliphatic rings. The van der Waals surface area contributed by atoms with Crippen LogP contribution in [0.2, 0.25) is 0 Å². The number of rotatable bonds is 3. The smallest absolute Gasteiger partial charge is 0.111 e. The van der Waals surface area contributed by atoms with Crippen LogP contribution in [0.15, 0.2) is 0 Å². The maximum Gasteiger partial charge on any atom is 0.111 e. The Kier molecular flexibility index (Phi) is 8.23. The highest BCUT2D eigenvalue weighted by Gasteiger charge is 2.27. The van der Waals surface area contributed by atoms with Crippen LogP contribution in [0, 0.1) is 11.3 Å². The summed E-state index contributed by atoms with van der Waals surface area (Å²) >= 11 is 0. The van der Waals surface area contributed by atoms with Crippen molar-refractivity contribution in [2.75, 3.05) is 26.2 Å². The van der Waals surface area contributed by atoms with Crippen LogP contribution in [0.5, 0.6) is 0 Å². The highest BCUT2D eigenvalue weighted by atomic mass is 15.3. The summed E-state index contributed by atoms with van der Waals surface area (Å²) in [4.78, 5) is 4.69. The Morgan fingerprint density at radius 1 is 1.31 bits per heavy atom. The van der Waals surface area contributed by atoms with E-state index in [1.807, 2.05) is 13.8 Å². The molecule has 0 spiro atoms. The zero-order chi connectivity index (χ0) is 12.6. The van der Waals surface area contributed by atoms with Crippen molar-refractivity contribution in [1.82, 2.24) is 9.80 Å². The fourth-order valence-electron chi connectivity index (χ4n) is 2.00. The fourth-order valence-corrected chi connectivity index (χ4v) is 2.00. The minimum Gasteiger partial charge on any atom is -0.297 e. The minimum atomic E-state index is 0.0998. The lowest BCUT2D eigenvalue weighted by Gasteiger charge is -2.40. The van der Waals surface area contributed by atoms with Crippen LogP contribution in [0.3, 0.4) is 0 Å². The summed E-state index contributed by atoms with van der Waals surface area (Å²) in [6, 6.07) is 3.11. The van der Waals surface area contributed by atoms with Crippen LogP contribution >= 0.6 is 0 Å². The SMILES string of the molecule is CC.CCC(C)N1CCN(CC)C(C#N)C1. The van der Waals surface area contributed by atoms with Gasteiger partial charge in [0.15, 0.2) is 0 Å². The molecule has 0 aromatic heterocycles. The molecule has 0 aromatic carbocycles. The van der Waals surface area contributed by atoms with E-state index in [4.69, 9.17) is 5.26 Å². The molecule has 1 aliphatic heterocycles. The second-order valence-corrected chi connectivity index (χ2v) is 4.03. The number of nitriles is 1. The predicted molar refractivity (Wildman–Crippen MR) is 69.3 cm³/mol. The van der Waals surface area contributed by atoms with Crippen molar-refractivity contribution in [3.63, 3.8) is 0 Å². The maximum absolute atomic E-state index is 9.05. The molecular weight excluding hydrogens is 198 g/mol. The third-order valence-corrected chi connectivity index (χ3v) is 3.29. The molecule has 2 unspecified atom stereocenters. The van der Waals surface area contributed by atoms with Gasteiger partial charge in [0, 0.05) is 25.7 Å². The molecule has 1 fully saturated rings. The van der Waals surface area contributed by atoms with E-state index in [1.165, 1.54) is 6.42 Å². The highest BCUT2D eigenvalue weighted by Crippen LogP contribution is 2.13. The molecule has 1 saturated heterocycles. The minimum absolute atomic E-state index is 0.0998. The number of nitrogens with zero attached hydrogens (tertiary/aromatic N) is 3. The first-order chi connectivity index (χ1) is 7.72. The van der Waals surface area contributed by atoms with Crippen molar-refractivity contribution < 1.29 is 0 Å². The summed E-state index contributed by atoms with van der Waals surface area (Å²) < 4.78 is 0. The second kappa shape index (κ2) is 8.55. The molecule has 2 atom stereocenters. The third-order valence-electron chi connectivity index (χ3n) is 3.29. The van der Waals surface area contributed by atoms with Crippen LogP contribution in [-0.4, -0.2) is 48.1 Å². The van der Waals surface area contributed by atoms with Crippen LogP contribution in [-0.2, 0) is 0 Å². The van der Waals surface area contributed by atoms with E-state index in [-0.39, 0.29) is 6.04 Å². The van der Waals surface area contributed by atoms with E-state index in [0.29, 0.717) is 6.04 Å². The Hall–Kier alpha value is -0.590. The molecule has 3 heteroatoms. The third kappa shape index (κ3) is 4.11. The molecule has 0 radical (unpaired) electrons. The van der Waals surface area contributed by atoms with Crippen LogP contribution in [0.1, 0.15) is 41.0 Å². The normalized spacial score (nSPS) is 24.1. The average molecular weight is 225 g/mol. The Bertz CT molecular complexity index is 210. The lowest BCUT2D eigenvalue weighted by Crippen LogP contribution is -2.54. The van der Waals surface area contributed by atoms with E-state index < -0.39 is 0 Å². The second-order valence-electron chi connectivity index (χ2n) is 4.03. The van der Waals surface area contributed by atoms with Gasteiger partial charge in [0.1, 0.15) is 6.04 Å². The standard InChI is InChI=1S/C11H21N3.C2H6/c1-4-10(3)14-7-6-13(5-2)11(8-12)9-14;1-2/h10-11H,4-7,9H2,1-3H3;1-2H3. The van der Waals surface area contributed by atoms with Gasteiger partial charge in [0.2, 0.25) is 0 Å². The van der Waals surface area contributed by atoms with Gasteiger partial charge in [-0.15, -0.1) is 0 Å². The van der Waals surface area contributed by atoms with E-state index >= 15 is 0 Å². The first kappa shape index (κ1) is 15.4. The maximum atomic E-state index is 9.05. The van der Waals surface area contributed by atoms with Gasteiger partial charge in [-0.1, -0.05) is 27.7 Å². The Morgan fingerprint density at radius 2 is 1.94 bits per heavy atom. The first-order valence-corrected chi connectivity index (χ1v) is 6.60. The van der Waals surface area contributed by atoms with Crippen molar-refractivity contribution in [3.05, 3.63) is 0 Å². The summed E-state index contributed by atoms with van der Waals surface area (Å²) in [6.07, 6.45) is 1.17. The van der Waals surface area contributed by atoms with Crippen molar-refractivity contribution >= 4 is 0 Å². The van der Waals surface area contributed by atoms with Gasteiger partial charge in [-0.25, -0.2) is 0 Å². The van der Waals surface area contributed by atoms with E-state index in [9.17, 15) is 0 Å². The Labute approximate surface area is 101 Å². The molecule has 1 rings (SSSR count). The van der Waals surface area contributed by atoms with Crippen molar-refractivity contribution in [1.29, 1.82) is 5.26 Å². The summed E-state index contributed by atoms with van der Waals surface area (Å²) in [5.74, 6) is 0. The quantitative estimate of drug-likeness (QED) is 0.738. The monoisotopic (exact) mass is 225 g/mol. The van der Waals surface area contributed by atoms with Gasteiger partial charge in [-0.3, -0.25) is 9.80 Å². The van der Waals surface area contributed by atoms with E-state index in [2.05, 4.69) is 36.6 Å². The van der Waals surface area contributed by atoms with Crippen molar-refractivity contribution in [2.24, 2.45) is 0 Å². The molecular formula is C13H27N3. The summed E-state index contributed by atoms with van der Waals surface area (Å²) in [6.45, 7) is 14.6. The lowest BCUT2D eigenvalue weighted by atomic mass is 10.1. The molecule has 3 nitrogen and oxygen atoms in total. The molecule has 16 heavy (non-hydrogen) atoms. The zero-order valence-corrected chi connectivity index (χ0v) is 11.5. The largest absolute Gasteiger partial charge is 0.297 e. The molecule has 94 valence electrons. The first-order valence-electron chi connectivity index (χ1n) is 6.60. The van der Waals surface area contributed by atoms with Crippen LogP contribution < -0.4 is 0 Å². The zero-order valence-electron chi connectivity index (χ0n) is 11.5. The summed E-state index contributed by atoms with van der Waals surface area (Å²) in [5.41, 5.74) is 0. The molecule has 0 amide bonds. The van der Waals surface area contributed by atoms with E-state index in [0.717, 1.165) is 26.2 Å². The van der Waals surface area contributed by atoms with Crippen molar-refractivity contribution in [3.8, 4) is 6.07 Å². The summed E-state index contributed by atoms with van der Waals surface area (Å²) in [5, 5.41) is 9.05. The number of hydrogen-bond donors (Lipinski definition) is 0. The average Bonchev–Trinajstić information content (AvgIpc) is 2.39. The van der Waals surface area contributed by atoms with Crippen molar-refractivity contribution in [2.45, 2.75) is 53.1 Å². The van der Waals surface area contributed by atoms with Gasteiger partial charge in [0.25, 0.3) is 0 Å². The highest BCUT2D eigenvalue weighted by molar-refractivity contribution is 4.97. The number of likely N-dealkylation sites (N-methyl/N-ethyl adjacent to an activating group) is 1. The van der Waals surface area contributed by atoms with Gasteiger partial charge in [0.05, 0.1) is 6.07 Å². The van der Waals surface area contributed by atoms with Crippen LogP contribution in [0.4, 0.5) is 0 Å². The molecule has 0 bridgehead atoms. The summed E-state index contributed by atoms with van der Waals surface area (Å²) in [7, 11) is 0. The molecule has 0 N–H and O–H groups in total. The lowest BCUT2D eigenvalue weighted by molar-refractivity contribution is 0.0774. The van der Waals surface area contributed by atoms with E-state index in [1.54, 1.807) is 0 Å². The number of piperazine rings is 1. The molecule has 0 aliphatic carbocycles. The van der Waals surface area contributed by atoms with Gasteiger partial charge >= 0.3 is 0 Å². The van der Waals surface area contributed by atoms with Gasteiger partial charge in [-0.2, -0.15) is 5.26 Å². The van der Waals surface area contributed by atoms with Gasteiger partial charge in [-0.05, 0) is 19.9 Å². The topological polar surface area (TPSA) is 30.3 Å². The fraction of sp³-hybridized carbons (Fsp3) is 0.923. The molecule has 1 heterocycles.